The maximum absolute atomic E-state index is 11.8. The van der Waals surface area contributed by atoms with Crippen LogP contribution in [-0.4, -0.2) is 18.0 Å². The third-order valence-corrected chi connectivity index (χ3v) is 3.81. The molecule has 0 radical (unpaired) electrons. The Morgan fingerprint density at radius 2 is 1.82 bits per heavy atom. The predicted octanol–water partition coefficient (Wildman–Crippen LogP) is 3.66. The lowest BCUT2D eigenvalue weighted by Gasteiger charge is -2.11. The molecule has 1 aromatic heterocycles. The van der Waals surface area contributed by atoms with Gasteiger partial charge in [-0.15, -0.1) is 0 Å². The number of nitrogens with zero attached hydrogens (tertiary/aromatic N) is 1. The normalized spacial score (nSPS) is 10.6. The third kappa shape index (κ3) is 2.38. The first-order chi connectivity index (χ1) is 10.6. The Hall–Kier alpha value is -2.59. The predicted molar refractivity (Wildman–Crippen MR) is 87.3 cm³/mol. The fourth-order valence-corrected chi connectivity index (χ4v) is 2.72. The molecule has 1 amide bonds. The molecule has 0 aliphatic heterocycles. The van der Waals surface area contributed by atoms with E-state index in [4.69, 9.17) is 22.1 Å². The number of methoxy groups -OCH3 is 1. The third-order valence-electron chi connectivity index (χ3n) is 3.44. The Kier molecular flexibility index (Phi) is 3.69. The molecule has 4 nitrogen and oxygen atoms in total. The van der Waals surface area contributed by atoms with E-state index in [0.717, 1.165) is 11.3 Å². The first-order valence-electron chi connectivity index (χ1n) is 6.64. The second kappa shape index (κ2) is 5.66. The van der Waals surface area contributed by atoms with Gasteiger partial charge >= 0.3 is 0 Å². The van der Waals surface area contributed by atoms with Crippen molar-refractivity contribution in [3.63, 3.8) is 0 Å². The number of carbonyl (C=O) groups excluding carboxylic acids is 1. The quantitative estimate of drug-likeness (QED) is 0.802. The van der Waals surface area contributed by atoms with Gasteiger partial charge in [-0.25, -0.2) is 4.98 Å². The maximum atomic E-state index is 11.8. The number of halogens is 1. The molecule has 0 unspecified atom stereocenters. The second-order valence-electron chi connectivity index (χ2n) is 4.76. The van der Waals surface area contributed by atoms with Crippen LogP contribution >= 0.6 is 11.6 Å². The van der Waals surface area contributed by atoms with E-state index in [0.29, 0.717) is 16.6 Å². The fraction of sp³-hybridized carbons (Fsp3) is 0.0588. The molecule has 110 valence electrons. The first kappa shape index (κ1) is 14.4. The van der Waals surface area contributed by atoms with Crippen molar-refractivity contribution in [2.24, 2.45) is 5.73 Å². The first-order valence-corrected chi connectivity index (χ1v) is 7.02. The monoisotopic (exact) mass is 312 g/mol. The van der Waals surface area contributed by atoms with Crippen LogP contribution in [0.15, 0.2) is 48.5 Å². The van der Waals surface area contributed by atoms with Crippen LogP contribution in [0.4, 0.5) is 0 Å². The molecule has 22 heavy (non-hydrogen) atoms. The van der Waals surface area contributed by atoms with Crippen molar-refractivity contribution in [1.82, 2.24) is 4.98 Å². The average molecular weight is 313 g/mol. The fourth-order valence-electron chi connectivity index (χ4n) is 2.37. The minimum Gasteiger partial charge on any atom is -0.497 e. The highest BCUT2D eigenvalue weighted by Crippen LogP contribution is 2.34. The number of para-hydroxylation sites is 1. The van der Waals surface area contributed by atoms with Crippen molar-refractivity contribution in [1.29, 1.82) is 0 Å². The van der Waals surface area contributed by atoms with Crippen molar-refractivity contribution < 1.29 is 9.53 Å². The summed E-state index contributed by atoms with van der Waals surface area (Å²) in [6.07, 6.45) is 0. The van der Waals surface area contributed by atoms with Crippen molar-refractivity contribution in [3.8, 4) is 17.0 Å². The second-order valence-corrected chi connectivity index (χ2v) is 5.14. The Labute approximate surface area is 132 Å². The Morgan fingerprint density at radius 1 is 1.14 bits per heavy atom. The number of fused-ring (bicyclic) bond motifs is 1. The number of primary amides is 1. The molecule has 0 bridgehead atoms. The average Bonchev–Trinajstić information content (AvgIpc) is 2.54. The lowest BCUT2D eigenvalue weighted by molar-refractivity contribution is 0.100. The number of amides is 1. The van der Waals surface area contributed by atoms with E-state index in [1.807, 2.05) is 42.5 Å². The molecule has 0 aliphatic carbocycles. The van der Waals surface area contributed by atoms with Crippen LogP contribution in [0.25, 0.3) is 22.2 Å². The molecule has 5 heteroatoms. The van der Waals surface area contributed by atoms with E-state index in [2.05, 4.69) is 4.98 Å². The zero-order chi connectivity index (χ0) is 15.7. The van der Waals surface area contributed by atoms with Gasteiger partial charge in [0.1, 0.15) is 5.75 Å². The van der Waals surface area contributed by atoms with Gasteiger partial charge in [0.25, 0.3) is 5.91 Å². The molecule has 0 spiro atoms. The molecular weight excluding hydrogens is 300 g/mol. The van der Waals surface area contributed by atoms with Crippen LogP contribution in [0.2, 0.25) is 5.02 Å². The minimum atomic E-state index is -0.571. The molecule has 1 heterocycles. The minimum absolute atomic E-state index is 0.261. The number of aromatic nitrogens is 1. The molecule has 0 saturated carbocycles. The van der Waals surface area contributed by atoms with Crippen LogP contribution in [0.1, 0.15) is 10.4 Å². The number of carbonyl (C=O) groups is 1. The molecule has 0 aliphatic rings. The van der Waals surface area contributed by atoms with Crippen molar-refractivity contribution in [2.45, 2.75) is 0 Å². The largest absolute Gasteiger partial charge is 0.497 e. The molecular formula is C17H13ClN2O2. The Bertz CT molecular complexity index is 860. The van der Waals surface area contributed by atoms with Crippen LogP contribution in [0, 0.1) is 0 Å². The van der Waals surface area contributed by atoms with Gasteiger partial charge in [0.2, 0.25) is 0 Å². The van der Waals surface area contributed by atoms with Crippen LogP contribution in [0.3, 0.4) is 0 Å². The van der Waals surface area contributed by atoms with Crippen molar-refractivity contribution in [2.75, 3.05) is 7.11 Å². The van der Waals surface area contributed by atoms with E-state index in [1.165, 1.54) is 0 Å². The number of ether oxygens (including phenoxy) is 1. The number of rotatable bonds is 3. The lowest BCUT2D eigenvalue weighted by atomic mass is 10.0. The van der Waals surface area contributed by atoms with Gasteiger partial charge in [-0.05, 0) is 30.3 Å². The zero-order valence-electron chi connectivity index (χ0n) is 11.8. The standard InChI is InChI=1S/C17H13ClN2O2/c1-22-11-8-6-10(7-9-11)16-15(18)14(17(19)21)12-4-2-3-5-13(12)20-16/h2-9H,1H3,(H2,19,21). The van der Waals surface area contributed by atoms with Gasteiger partial charge in [-0.3, -0.25) is 4.79 Å². The van der Waals surface area contributed by atoms with Gasteiger partial charge in [0.15, 0.2) is 0 Å². The molecule has 2 aromatic carbocycles. The number of pyridine rings is 1. The van der Waals surface area contributed by atoms with Gasteiger partial charge in [0, 0.05) is 10.9 Å². The number of hydrogen-bond donors (Lipinski definition) is 1. The summed E-state index contributed by atoms with van der Waals surface area (Å²) in [5.74, 6) is 0.161. The van der Waals surface area contributed by atoms with E-state index < -0.39 is 5.91 Å². The summed E-state index contributed by atoms with van der Waals surface area (Å²) in [6, 6.07) is 14.6. The summed E-state index contributed by atoms with van der Waals surface area (Å²) in [7, 11) is 1.60. The van der Waals surface area contributed by atoms with E-state index in [1.54, 1.807) is 13.2 Å². The summed E-state index contributed by atoms with van der Waals surface area (Å²) in [4.78, 5) is 16.4. The van der Waals surface area contributed by atoms with Gasteiger partial charge in [0.05, 0.1) is 28.9 Å². The highest BCUT2D eigenvalue weighted by molar-refractivity contribution is 6.37. The molecule has 0 saturated heterocycles. The number of nitrogens with two attached hydrogens (primary N) is 1. The highest BCUT2D eigenvalue weighted by Gasteiger charge is 2.18. The Morgan fingerprint density at radius 3 is 2.45 bits per heavy atom. The van der Waals surface area contributed by atoms with Crippen molar-refractivity contribution >= 4 is 28.4 Å². The summed E-state index contributed by atoms with van der Waals surface area (Å²) in [5.41, 5.74) is 7.78. The Balaban J connectivity index is 2.29. The number of hydrogen-bond acceptors (Lipinski definition) is 3. The van der Waals surface area contributed by atoms with E-state index in [9.17, 15) is 4.79 Å². The van der Waals surface area contributed by atoms with Gasteiger partial charge < -0.3 is 10.5 Å². The summed E-state index contributed by atoms with van der Waals surface area (Å²) in [6.45, 7) is 0. The molecule has 2 N–H and O–H groups in total. The smallest absolute Gasteiger partial charge is 0.250 e. The van der Waals surface area contributed by atoms with Crippen LogP contribution < -0.4 is 10.5 Å². The van der Waals surface area contributed by atoms with Crippen LogP contribution in [-0.2, 0) is 0 Å². The van der Waals surface area contributed by atoms with Gasteiger partial charge in [-0.2, -0.15) is 0 Å². The summed E-state index contributed by atoms with van der Waals surface area (Å²) in [5, 5.41) is 0.911. The topological polar surface area (TPSA) is 65.2 Å². The van der Waals surface area contributed by atoms with E-state index in [-0.39, 0.29) is 10.6 Å². The molecule has 3 aromatic rings. The highest BCUT2D eigenvalue weighted by atomic mass is 35.5. The van der Waals surface area contributed by atoms with E-state index >= 15 is 0 Å². The maximum Gasteiger partial charge on any atom is 0.250 e. The SMILES string of the molecule is COc1ccc(-c2nc3ccccc3c(C(N)=O)c2Cl)cc1. The lowest BCUT2D eigenvalue weighted by Crippen LogP contribution is -2.13. The molecule has 0 fully saturated rings. The van der Waals surface area contributed by atoms with Crippen molar-refractivity contribution in [3.05, 3.63) is 59.1 Å². The molecule has 0 atom stereocenters. The van der Waals surface area contributed by atoms with Crippen LogP contribution in [0.5, 0.6) is 5.75 Å². The number of benzene rings is 2. The summed E-state index contributed by atoms with van der Waals surface area (Å²) < 4.78 is 5.14. The summed E-state index contributed by atoms with van der Waals surface area (Å²) >= 11 is 6.40. The van der Waals surface area contributed by atoms with Gasteiger partial charge in [-0.1, -0.05) is 29.8 Å². The molecule has 3 rings (SSSR count). The zero-order valence-corrected chi connectivity index (χ0v) is 12.6.